The van der Waals surface area contributed by atoms with Crippen molar-refractivity contribution < 1.29 is 14.0 Å². The minimum absolute atomic E-state index is 0.0000656. The van der Waals surface area contributed by atoms with Crippen LogP contribution in [0, 0.1) is 11.7 Å². The summed E-state index contributed by atoms with van der Waals surface area (Å²) in [5.74, 6) is -0.497. The zero-order valence-corrected chi connectivity index (χ0v) is 18.1. The van der Waals surface area contributed by atoms with E-state index in [1.165, 1.54) is 12.1 Å². The Balaban J connectivity index is 1.40. The van der Waals surface area contributed by atoms with E-state index in [2.05, 4.69) is 26.6 Å². The molecule has 3 rings (SSSR count). The van der Waals surface area contributed by atoms with Gasteiger partial charge in [0, 0.05) is 16.9 Å². The minimum atomic E-state index is -0.293. The van der Waals surface area contributed by atoms with Gasteiger partial charge in [-0.05, 0) is 61.8 Å². The van der Waals surface area contributed by atoms with Gasteiger partial charge in [-0.1, -0.05) is 39.7 Å². The number of rotatable bonds is 6. The summed E-state index contributed by atoms with van der Waals surface area (Å²) in [4.78, 5) is 26.7. The molecule has 0 aliphatic carbocycles. The summed E-state index contributed by atoms with van der Waals surface area (Å²) in [6, 6.07) is 11.4. The van der Waals surface area contributed by atoms with E-state index in [0.717, 1.165) is 10.0 Å². The van der Waals surface area contributed by atoms with Crippen molar-refractivity contribution in [2.24, 2.45) is 5.92 Å². The minimum Gasteiger partial charge on any atom is -0.352 e. The van der Waals surface area contributed by atoms with E-state index in [4.69, 9.17) is 11.6 Å². The van der Waals surface area contributed by atoms with E-state index in [0.29, 0.717) is 43.2 Å². The smallest absolute Gasteiger partial charge is 0.238 e. The van der Waals surface area contributed by atoms with Crippen LogP contribution in [0.2, 0.25) is 5.02 Å². The number of likely N-dealkylation sites (tertiary alicyclic amines) is 1. The lowest BCUT2D eigenvalue weighted by Crippen LogP contribution is -2.43. The molecule has 0 saturated carbocycles. The predicted octanol–water partition coefficient (Wildman–Crippen LogP) is 4.21. The van der Waals surface area contributed by atoms with Crippen LogP contribution in [0.4, 0.5) is 10.1 Å². The number of halogens is 3. The molecule has 5 nitrogen and oxygen atoms in total. The fraction of sp³-hybridized carbons (Fsp3) is 0.333. The molecule has 0 spiro atoms. The maximum atomic E-state index is 12.9. The van der Waals surface area contributed by atoms with Gasteiger partial charge in [0.25, 0.3) is 0 Å². The topological polar surface area (TPSA) is 61.4 Å². The summed E-state index contributed by atoms with van der Waals surface area (Å²) in [6.45, 7) is 2.00. The van der Waals surface area contributed by atoms with Crippen LogP contribution in [0.5, 0.6) is 0 Å². The van der Waals surface area contributed by atoms with Gasteiger partial charge in [0.1, 0.15) is 5.82 Å². The van der Waals surface area contributed by atoms with Gasteiger partial charge in [-0.2, -0.15) is 0 Å². The van der Waals surface area contributed by atoms with Crippen LogP contribution in [-0.4, -0.2) is 36.3 Å². The lowest BCUT2D eigenvalue weighted by Gasteiger charge is -2.30. The highest BCUT2D eigenvalue weighted by atomic mass is 79.9. The molecule has 1 saturated heterocycles. The van der Waals surface area contributed by atoms with Gasteiger partial charge < -0.3 is 10.6 Å². The van der Waals surface area contributed by atoms with Gasteiger partial charge in [-0.3, -0.25) is 14.5 Å². The molecule has 29 heavy (non-hydrogen) atoms. The highest BCUT2D eigenvalue weighted by molar-refractivity contribution is 9.10. The first-order chi connectivity index (χ1) is 13.9. The number of carbonyl (C=O) groups excluding carboxylic acids is 2. The fourth-order valence-corrected chi connectivity index (χ4v) is 3.99. The molecule has 1 fully saturated rings. The van der Waals surface area contributed by atoms with Crippen LogP contribution >= 0.6 is 27.5 Å². The van der Waals surface area contributed by atoms with E-state index in [9.17, 15) is 14.0 Å². The molecule has 2 aromatic rings. The lowest BCUT2D eigenvalue weighted by atomic mass is 9.96. The number of benzene rings is 2. The summed E-state index contributed by atoms with van der Waals surface area (Å²) in [5.41, 5.74) is 1.44. The van der Waals surface area contributed by atoms with Crippen molar-refractivity contribution in [2.75, 3.05) is 25.0 Å². The zero-order valence-electron chi connectivity index (χ0n) is 15.8. The number of carbonyl (C=O) groups is 2. The molecule has 1 heterocycles. The molecule has 1 aliphatic heterocycles. The number of nitrogens with zero attached hydrogens (tertiary/aromatic N) is 1. The predicted molar refractivity (Wildman–Crippen MR) is 115 cm³/mol. The average molecular weight is 483 g/mol. The molecule has 0 radical (unpaired) electrons. The van der Waals surface area contributed by atoms with Gasteiger partial charge in [0.15, 0.2) is 0 Å². The van der Waals surface area contributed by atoms with Crippen molar-refractivity contribution in [2.45, 2.75) is 19.4 Å². The Kier molecular flexibility index (Phi) is 7.64. The van der Waals surface area contributed by atoms with Crippen LogP contribution < -0.4 is 10.6 Å². The first-order valence-electron chi connectivity index (χ1n) is 9.40. The van der Waals surface area contributed by atoms with Crippen LogP contribution in [0.25, 0.3) is 0 Å². The molecule has 2 N–H and O–H groups in total. The highest BCUT2D eigenvalue weighted by Crippen LogP contribution is 2.25. The third kappa shape index (κ3) is 6.52. The molecular weight excluding hydrogens is 461 g/mol. The zero-order chi connectivity index (χ0) is 20.8. The second-order valence-corrected chi connectivity index (χ2v) is 8.39. The van der Waals surface area contributed by atoms with Crippen molar-refractivity contribution in [3.8, 4) is 0 Å². The number of nitrogens with one attached hydrogen (secondary N) is 2. The van der Waals surface area contributed by atoms with Gasteiger partial charge in [0.05, 0.1) is 17.3 Å². The Hall–Kier alpha value is -1.96. The molecule has 1 aliphatic rings. The van der Waals surface area contributed by atoms with E-state index in [1.807, 2.05) is 11.0 Å². The van der Waals surface area contributed by atoms with Crippen molar-refractivity contribution >= 4 is 45.0 Å². The maximum absolute atomic E-state index is 12.9. The highest BCUT2D eigenvalue weighted by Gasteiger charge is 2.25. The van der Waals surface area contributed by atoms with Crippen molar-refractivity contribution in [3.63, 3.8) is 0 Å². The Morgan fingerprint density at radius 1 is 1.14 bits per heavy atom. The maximum Gasteiger partial charge on any atom is 0.238 e. The molecule has 0 bridgehead atoms. The van der Waals surface area contributed by atoms with Gasteiger partial charge >= 0.3 is 0 Å². The lowest BCUT2D eigenvalue weighted by molar-refractivity contribution is -0.126. The Labute approximate surface area is 182 Å². The van der Waals surface area contributed by atoms with Crippen LogP contribution in [0.15, 0.2) is 46.9 Å². The van der Waals surface area contributed by atoms with E-state index in [1.54, 1.807) is 24.3 Å². The molecule has 154 valence electrons. The molecule has 2 amide bonds. The quantitative estimate of drug-likeness (QED) is 0.648. The first-order valence-corrected chi connectivity index (χ1v) is 10.6. The van der Waals surface area contributed by atoms with Crippen molar-refractivity contribution in [1.29, 1.82) is 0 Å². The average Bonchev–Trinajstić information content (AvgIpc) is 2.70. The molecule has 8 heteroatoms. The standard InChI is InChI=1S/C21H22BrClFN3O2/c22-16-3-6-19(18(23)11-16)26-20(28)13-27-9-7-15(8-10-27)21(29)25-12-14-1-4-17(24)5-2-14/h1-6,11,15H,7-10,12-13H2,(H,25,29)(H,26,28). The van der Waals surface area contributed by atoms with Crippen LogP contribution in [0.3, 0.4) is 0 Å². The van der Waals surface area contributed by atoms with Crippen LogP contribution in [0.1, 0.15) is 18.4 Å². The van der Waals surface area contributed by atoms with E-state index < -0.39 is 0 Å². The van der Waals surface area contributed by atoms with Crippen molar-refractivity contribution in [3.05, 3.63) is 63.3 Å². The summed E-state index contributed by atoms with van der Waals surface area (Å²) in [7, 11) is 0. The van der Waals surface area contributed by atoms with Gasteiger partial charge in [-0.25, -0.2) is 4.39 Å². The molecule has 0 unspecified atom stereocenters. The summed E-state index contributed by atoms with van der Waals surface area (Å²) >= 11 is 9.46. The van der Waals surface area contributed by atoms with Crippen molar-refractivity contribution in [1.82, 2.24) is 10.2 Å². The van der Waals surface area contributed by atoms with Crippen LogP contribution in [-0.2, 0) is 16.1 Å². The molecule has 0 atom stereocenters. The molecule has 0 aromatic heterocycles. The van der Waals surface area contributed by atoms with Gasteiger partial charge in [0.2, 0.25) is 11.8 Å². The normalized spacial score (nSPS) is 15.1. The number of amides is 2. The number of piperidine rings is 1. The first kappa shape index (κ1) is 21.7. The third-order valence-electron chi connectivity index (χ3n) is 4.91. The largest absolute Gasteiger partial charge is 0.352 e. The van der Waals surface area contributed by atoms with Gasteiger partial charge in [-0.15, -0.1) is 0 Å². The monoisotopic (exact) mass is 481 g/mol. The van der Waals surface area contributed by atoms with E-state index in [-0.39, 0.29) is 30.1 Å². The summed E-state index contributed by atoms with van der Waals surface area (Å²) < 4.78 is 13.8. The third-order valence-corrected chi connectivity index (χ3v) is 5.72. The summed E-state index contributed by atoms with van der Waals surface area (Å²) in [5, 5.41) is 6.21. The number of hydrogen-bond donors (Lipinski definition) is 2. The second kappa shape index (κ2) is 10.2. The SMILES string of the molecule is O=C(CN1CCC(C(=O)NCc2ccc(F)cc2)CC1)Nc1ccc(Br)cc1Cl. The number of anilines is 1. The molecular formula is C21H22BrClFN3O2. The fourth-order valence-electron chi connectivity index (χ4n) is 3.27. The summed E-state index contributed by atoms with van der Waals surface area (Å²) in [6.07, 6.45) is 1.39. The Morgan fingerprint density at radius 2 is 1.83 bits per heavy atom. The number of hydrogen-bond acceptors (Lipinski definition) is 3. The van der Waals surface area contributed by atoms with E-state index >= 15 is 0 Å². The second-order valence-electron chi connectivity index (χ2n) is 7.07. The Bertz CT molecular complexity index is 871. The Morgan fingerprint density at radius 3 is 2.48 bits per heavy atom. The molecule has 2 aromatic carbocycles.